The maximum atomic E-state index is 13.5. The Labute approximate surface area is 241 Å². The molecule has 0 aromatic heterocycles. The van der Waals surface area contributed by atoms with Gasteiger partial charge in [0, 0.05) is 6.42 Å². The van der Waals surface area contributed by atoms with E-state index in [0.29, 0.717) is 28.9 Å². The molecule has 0 heterocycles. The van der Waals surface area contributed by atoms with Crippen LogP contribution in [-0.4, -0.2) is 51.7 Å². The van der Waals surface area contributed by atoms with Crippen molar-refractivity contribution < 1.29 is 50.5 Å². The molecular weight excluding hydrogens is 585 g/mol. The van der Waals surface area contributed by atoms with Crippen LogP contribution < -0.4 is 20.9 Å². The standard InChI is InChI=1S/C26H33F3N4O8S/c1-14-15(2)17(4)22(18(5)16(14)3)42(36,37)33-21(23(34)40-41-24(35)26(27,28)29)13-19-7-9-20(10-8-19)38-11-6-12-39-32-25(30)31/h7-10,21,33H,6,11-13H2,1-5H3,(H4,30,31,32)/t21-/m0/s1. The third-order valence-electron chi connectivity index (χ3n) is 6.39. The molecule has 16 heteroatoms. The monoisotopic (exact) mass is 618 g/mol. The van der Waals surface area contributed by atoms with Crippen LogP contribution in [0.2, 0.25) is 0 Å². The molecule has 0 aliphatic rings. The summed E-state index contributed by atoms with van der Waals surface area (Å²) in [5, 5.41) is 3.37. The number of carbonyl (C=O) groups excluding carboxylic acids is 2. The van der Waals surface area contributed by atoms with Crippen LogP contribution in [0.5, 0.6) is 5.75 Å². The van der Waals surface area contributed by atoms with Crippen LogP contribution in [0.3, 0.4) is 0 Å². The number of alkyl halides is 3. The molecule has 0 saturated heterocycles. The van der Waals surface area contributed by atoms with Crippen LogP contribution in [0, 0.1) is 34.6 Å². The molecule has 2 rings (SSSR count). The number of sulfonamides is 1. The Morgan fingerprint density at radius 1 is 0.905 bits per heavy atom. The Hall–Kier alpha value is -4.05. The van der Waals surface area contributed by atoms with Crippen LogP contribution in [0.25, 0.3) is 0 Å². The minimum atomic E-state index is -5.44. The number of carbonyl (C=O) groups is 2. The summed E-state index contributed by atoms with van der Waals surface area (Å²) in [5.74, 6) is -4.13. The highest BCUT2D eigenvalue weighted by Crippen LogP contribution is 2.30. The summed E-state index contributed by atoms with van der Waals surface area (Å²) < 4.78 is 72.4. The molecule has 0 unspecified atom stereocenters. The number of guanidine groups is 1. The van der Waals surface area contributed by atoms with E-state index in [-0.39, 0.29) is 30.5 Å². The van der Waals surface area contributed by atoms with Gasteiger partial charge in [0.25, 0.3) is 0 Å². The highest BCUT2D eigenvalue weighted by molar-refractivity contribution is 7.89. The van der Waals surface area contributed by atoms with Gasteiger partial charge in [-0.05, 0) is 91.7 Å². The van der Waals surface area contributed by atoms with E-state index in [0.717, 1.165) is 16.7 Å². The zero-order valence-electron chi connectivity index (χ0n) is 23.6. The van der Waals surface area contributed by atoms with Gasteiger partial charge in [-0.15, -0.1) is 0 Å². The molecule has 0 saturated carbocycles. The Bertz CT molecular complexity index is 1400. The maximum Gasteiger partial charge on any atom is 0.495 e. The second-order valence-electron chi connectivity index (χ2n) is 9.30. The number of benzene rings is 2. The van der Waals surface area contributed by atoms with E-state index in [1.54, 1.807) is 27.7 Å². The Morgan fingerprint density at radius 3 is 1.98 bits per heavy atom. The summed E-state index contributed by atoms with van der Waals surface area (Å²) >= 11 is 0. The van der Waals surface area contributed by atoms with Crippen molar-refractivity contribution >= 4 is 27.9 Å². The SMILES string of the molecule is Cc1c(C)c(C)c(S(=O)(=O)N[C@@H](Cc2ccc(OCCCON=C(N)N)cc2)C(=O)OOC(=O)C(F)(F)F)c(C)c1C. The molecule has 2 aromatic carbocycles. The highest BCUT2D eigenvalue weighted by atomic mass is 32.2. The maximum absolute atomic E-state index is 13.5. The fraction of sp³-hybridized carbons (Fsp3) is 0.423. The number of nitrogens with two attached hydrogens (primary N) is 2. The van der Waals surface area contributed by atoms with Gasteiger partial charge in [0.15, 0.2) is 0 Å². The van der Waals surface area contributed by atoms with E-state index >= 15 is 0 Å². The van der Waals surface area contributed by atoms with E-state index in [4.69, 9.17) is 21.0 Å². The summed E-state index contributed by atoms with van der Waals surface area (Å²) in [4.78, 5) is 36.3. The van der Waals surface area contributed by atoms with E-state index in [9.17, 15) is 31.2 Å². The first-order chi connectivity index (χ1) is 19.5. The fourth-order valence-electron chi connectivity index (χ4n) is 3.86. The lowest BCUT2D eigenvalue weighted by Crippen LogP contribution is -2.44. The van der Waals surface area contributed by atoms with Gasteiger partial charge in [-0.1, -0.05) is 12.1 Å². The second kappa shape index (κ2) is 14.2. The lowest BCUT2D eigenvalue weighted by atomic mass is 9.95. The summed E-state index contributed by atoms with van der Waals surface area (Å²) in [5.41, 5.74) is 13.9. The number of nitrogens with zero attached hydrogens (tertiary/aromatic N) is 1. The number of hydrogen-bond donors (Lipinski definition) is 3. The van der Waals surface area contributed by atoms with E-state index in [1.807, 2.05) is 6.92 Å². The van der Waals surface area contributed by atoms with Gasteiger partial charge in [-0.2, -0.15) is 17.9 Å². The van der Waals surface area contributed by atoms with Gasteiger partial charge in [0.05, 0.1) is 11.5 Å². The van der Waals surface area contributed by atoms with Crippen molar-refractivity contribution in [2.45, 2.75) is 64.6 Å². The van der Waals surface area contributed by atoms with Crippen LogP contribution in [-0.2, 0) is 40.6 Å². The summed E-state index contributed by atoms with van der Waals surface area (Å²) in [6, 6.07) is 4.33. The summed E-state index contributed by atoms with van der Waals surface area (Å²) in [7, 11) is -4.42. The normalized spacial score (nSPS) is 12.3. The fourth-order valence-corrected chi connectivity index (χ4v) is 5.65. The zero-order valence-corrected chi connectivity index (χ0v) is 24.4. The van der Waals surface area contributed by atoms with Crippen molar-refractivity contribution in [2.75, 3.05) is 13.2 Å². The average molecular weight is 619 g/mol. The van der Waals surface area contributed by atoms with Gasteiger partial charge in [0.2, 0.25) is 16.0 Å². The molecule has 0 aliphatic heterocycles. The third-order valence-corrected chi connectivity index (χ3v) is 8.14. The Balaban J connectivity index is 2.27. The van der Waals surface area contributed by atoms with Gasteiger partial charge >= 0.3 is 18.1 Å². The van der Waals surface area contributed by atoms with Gasteiger partial charge in [0.1, 0.15) is 18.4 Å². The van der Waals surface area contributed by atoms with Crippen molar-refractivity contribution in [3.63, 3.8) is 0 Å². The molecular formula is C26H33F3N4O8S. The molecule has 2 aromatic rings. The molecule has 12 nitrogen and oxygen atoms in total. The molecule has 0 radical (unpaired) electrons. The highest BCUT2D eigenvalue weighted by Gasteiger charge is 2.43. The van der Waals surface area contributed by atoms with Crippen molar-refractivity contribution in [3.8, 4) is 5.75 Å². The van der Waals surface area contributed by atoms with E-state index in [1.165, 1.54) is 24.3 Å². The molecule has 1 atom stereocenters. The van der Waals surface area contributed by atoms with E-state index < -0.39 is 34.2 Å². The largest absolute Gasteiger partial charge is 0.495 e. The molecule has 0 spiro atoms. The molecule has 0 amide bonds. The number of hydrogen-bond acceptors (Lipinski definition) is 9. The van der Waals surface area contributed by atoms with Crippen LogP contribution in [0.1, 0.15) is 39.8 Å². The lowest BCUT2D eigenvalue weighted by Gasteiger charge is -2.22. The predicted molar refractivity (Wildman–Crippen MR) is 144 cm³/mol. The average Bonchev–Trinajstić information content (AvgIpc) is 2.90. The smallest absolute Gasteiger partial charge is 0.493 e. The molecule has 232 valence electrons. The van der Waals surface area contributed by atoms with Crippen molar-refractivity contribution in [3.05, 3.63) is 57.6 Å². The Kier molecular flexibility index (Phi) is 11.6. The number of oxime groups is 1. The molecule has 5 N–H and O–H groups in total. The number of nitrogens with one attached hydrogen (secondary N) is 1. The molecule has 0 fully saturated rings. The van der Waals surface area contributed by atoms with Crippen LogP contribution in [0.4, 0.5) is 13.2 Å². The minimum absolute atomic E-state index is 0.0826. The zero-order chi connectivity index (χ0) is 31.8. The number of ether oxygens (including phenoxy) is 1. The predicted octanol–water partition coefficient (Wildman–Crippen LogP) is 2.66. The van der Waals surface area contributed by atoms with Gasteiger partial charge in [-0.3, -0.25) is 0 Å². The molecule has 0 aliphatic carbocycles. The molecule has 0 bridgehead atoms. The second-order valence-corrected chi connectivity index (χ2v) is 10.9. The third kappa shape index (κ3) is 9.24. The topological polar surface area (TPSA) is 182 Å². The minimum Gasteiger partial charge on any atom is -0.493 e. The van der Waals surface area contributed by atoms with Gasteiger partial charge in [-0.25, -0.2) is 27.8 Å². The van der Waals surface area contributed by atoms with Gasteiger partial charge < -0.3 is 21.0 Å². The lowest BCUT2D eigenvalue weighted by molar-refractivity contribution is -0.286. The Morgan fingerprint density at radius 2 is 1.45 bits per heavy atom. The van der Waals surface area contributed by atoms with Crippen molar-refractivity contribution in [1.82, 2.24) is 4.72 Å². The van der Waals surface area contributed by atoms with E-state index in [2.05, 4.69) is 19.7 Å². The molecule has 42 heavy (non-hydrogen) atoms. The van der Waals surface area contributed by atoms with Crippen molar-refractivity contribution in [1.29, 1.82) is 0 Å². The van der Waals surface area contributed by atoms with Crippen LogP contribution in [0.15, 0.2) is 34.3 Å². The van der Waals surface area contributed by atoms with Crippen LogP contribution >= 0.6 is 0 Å². The number of rotatable bonds is 12. The number of halogens is 3. The first-order valence-corrected chi connectivity index (χ1v) is 14.0. The summed E-state index contributed by atoms with van der Waals surface area (Å²) in [6.45, 7) is 8.99. The quantitative estimate of drug-likeness (QED) is 0.105. The first kappa shape index (κ1) is 34.2. The summed E-state index contributed by atoms with van der Waals surface area (Å²) in [6.07, 6.45) is -5.36. The first-order valence-electron chi connectivity index (χ1n) is 12.5. The van der Waals surface area contributed by atoms with Crippen molar-refractivity contribution in [2.24, 2.45) is 16.6 Å².